The molecule has 0 fully saturated rings. The van der Waals surface area contributed by atoms with Gasteiger partial charge in [0.2, 0.25) is 11.7 Å². The van der Waals surface area contributed by atoms with Gasteiger partial charge in [-0.25, -0.2) is 13.2 Å². The number of sulfonamides is 1. The summed E-state index contributed by atoms with van der Waals surface area (Å²) in [4.78, 5) is 29.1. The zero-order valence-electron chi connectivity index (χ0n) is 19.6. The number of hydrogen-bond donors (Lipinski definition) is 1. The average Bonchev–Trinajstić information content (AvgIpc) is 3.24. The number of amides is 2. The number of ether oxygens (including phenoxy) is 2. The first-order valence-corrected chi connectivity index (χ1v) is 11.7. The van der Waals surface area contributed by atoms with Crippen molar-refractivity contribution in [2.24, 2.45) is 5.73 Å². The van der Waals surface area contributed by atoms with E-state index in [0.717, 1.165) is 5.56 Å². The molecule has 2 aromatic heterocycles. The Hall–Kier alpha value is -4.07. The number of rotatable bonds is 8. The Labute approximate surface area is 201 Å². The molecule has 0 bridgehead atoms. The maximum absolute atomic E-state index is 13.3. The van der Waals surface area contributed by atoms with Crippen LogP contribution in [0, 0.1) is 0 Å². The molecule has 3 rings (SSSR count). The molecule has 0 atom stereocenters. The number of hydrogen-bond acceptors (Lipinski definition) is 10. The molecule has 0 aliphatic rings. The van der Waals surface area contributed by atoms with Crippen LogP contribution in [0.3, 0.4) is 0 Å². The van der Waals surface area contributed by atoms with E-state index in [9.17, 15) is 18.0 Å². The zero-order chi connectivity index (χ0) is 25.8. The molecule has 0 unspecified atom stereocenters. The van der Waals surface area contributed by atoms with Gasteiger partial charge in [-0.1, -0.05) is 0 Å². The van der Waals surface area contributed by atoms with E-state index in [4.69, 9.17) is 15.2 Å². The van der Waals surface area contributed by atoms with Gasteiger partial charge in [-0.05, 0) is 61.9 Å². The zero-order valence-corrected chi connectivity index (χ0v) is 20.4. The summed E-state index contributed by atoms with van der Waals surface area (Å²) >= 11 is 0. The Balaban J connectivity index is 1.94. The Bertz CT molecular complexity index is 1320. The molecule has 0 aliphatic carbocycles. The Kier molecular flexibility index (Phi) is 7.34. The van der Waals surface area contributed by atoms with Crippen LogP contribution in [-0.4, -0.2) is 69.2 Å². The molecular formula is C21H25N7O6S. The highest BCUT2D eigenvalue weighted by Crippen LogP contribution is 2.31. The number of carbonyl (C=O) groups is 2. The summed E-state index contributed by atoms with van der Waals surface area (Å²) in [7, 11) is -3.32. The van der Waals surface area contributed by atoms with Gasteiger partial charge in [-0.3, -0.25) is 9.78 Å². The van der Waals surface area contributed by atoms with E-state index < -0.39 is 34.2 Å². The monoisotopic (exact) mass is 503 g/mol. The minimum absolute atomic E-state index is 0.106. The van der Waals surface area contributed by atoms with Gasteiger partial charge < -0.3 is 15.2 Å². The summed E-state index contributed by atoms with van der Waals surface area (Å²) < 4.78 is 37.3. The molecule has 3 aromatic rings. The van der Waals surface area contributed by atoms with Crippen molar-refractivity contribution >= 4 is 22.0 Å². The lowest BCUT2D eigenvalue weighted by Crippen LogP contribution is -2.45. The van der Waals surface area contributed by atoms with Crippen LogP contribution in [0.4, 0.5) is 4.79 Å². The fraction of sp³-hybridized carbons (Fsp3) is 0.333. The average molecular weight is 504 g/mol. The number of tetrazole rings is 1. The molecule has 1 aromatic carbocycles. The fourth-order valence-electron chi connectivity index (χ4n) is 2.92. The van der Waals surface area contributed by atoms with E-state index in [2.05, 4.69) is 20.4 Å². The highest BCUT2D eigenvalue weighted by atomic mass is 32.2. The van der Waals surface area contributed by atoms with Crippen molar-refractivity contribution in [2.75, 3.05) is 13.7 Å². The number of nitrogens with two attached hydrogens (primary N) is 1. The first kappa shape index (κ1) is 25.6. The third-order valence-corrected chi connectivity index (χ3v) is 6.16. The molecule has 0 radical (unpaired) electrons. The first-order chi connectivity index (χ1) is 16.4. The Morgan fingerprint density at radius 2 is 1.83 bits per heavy atom. The van der Waals surface area contributed by atoms with Crippen LogP contribution in [0.25, 0.3) is 11.4 Å². The van der Waals surface area contributed by atoms with Crippen molar-refractivity contribution in [2.45, 2.75) is 37.8 Å². The number of benzene rings is 1. The van der Waals surface area contributed by atoms with Crippen molar-refractivity contribution in [1.82, 2.24) is 29.5 Å². The molecule has 186 valence electrons. The predicted molar refractivity (Wildman–Crippen MR) is 122 cm³/mol. The molecule has 14 heteroatoms. The summed E-state index contributed by atoms with van der Waals surface area (Å²) in [5.41, 5.74) is 5.51. The van der Waals surface area contributed by atoms with Gasteiger partial charge in [-0.15, -0.1) is 10.2 Å². The SMILES string of the molecule is COc1cc(-c2nnn(Cc3ccncc3)n2)ccc1S(=O)(=O)N(CC(N)=O)C(=O)OC(C)(C)C. The second-order valence-corrected chi connectivity index (χ2v) is 10.2. The third kappa shape index (κ3) is 6.29. The van der Waals surface area contributed by atoms with E-state index in [-0.39, 0.29) is 20.8 Å². The molecule has 2 heterocycles. The summed E-state index contributed by atoms with van der Waals surface area (Å²) in [5, 5.41) is 12.3. The van der Waals surface area contributed by atoms with Gasteiger partial charge in [0.15, 0.2) is 0 Å². The molecule has 0 saturated carbocycles. The van der Waals surface area contributed by atoms with E-state index in [1.807, 2.05) is 12.1 Å². The Morgan fingerprint density at radius 1 is 1.14 bits per heavy atom. The van der Waals surface area contributed by atoms with Gasteiger partial charge in [0.05, 0.1) is 13.7 Å². The van der Waals surface area contributed by atoms with E-state index in [0.29, 0.717) is 12.1 Å². The second-order valence-electron chi connectivity index (χ2n) is 8.32. The van der Waals surface area contributed by atoms with Gasteiger partial charge in [0.1, 0.15) is 22.8 Å². The lowest BCUT2D eigenvalue weighted by atomic mass is 10.2. The van der Waals surface area contributed by atoms with Crippen LogP contribution in [-0.2, 0) is 26.1 Å². The minimum atomic E-state index is -4.58. The van der Waals surface area contributed by atoms with Crippen LogP contribution in [0.5, 0.6) is 5.75 Å². The van der Waals surface area contributed by atoms with Gasteiger partial charge in [-0.2, -0.15) is 9.10 Å². The maximum atomic E-state index is 13.3. The highest BCUT2D eigenvalue weighted by Gasteiger charge is 2.36. The normalized spacial score (nSPS) is 11.7. The van der Waals surface area contributed by atoms with E-state index in [1.165, 1.54) is 30.1 Å². The summed E-state index contributed by atoms with van der Waals surface area (Å²) in [5.74, 6) is -0.918. The Morgan fingerprint density at radius 3 is 2.43 bits per heavy atom. The number of aromatic nitrogens is 5. The molecular weight excluding hydrogens is 478 g/mol. The molecule has 2 N–H and O–H groups in total. The first-order valence-electron chi connectivity index (χ1n) is 10.3. The third-order valence-electron chi connectivity index (χ3n) is 4.41. The van der Waals surface area contributed by atoms with Gasteiger partial charge >= 0.3 is 6.09 Å². The van der Waals surface area contributed by atoms with Crippen LogP contribution < -0.4 is 10.5 Å². The van der Waals surface area contributed by atoms with Crippen LogP contribution in [0.15, 0.2) is 47.6 Å². The van der Waals surface area contributed by atoms with Crippen molar-refractivity contribution in [3.8, 4) is 17.1 Å². The van der Waals surface area contributed by atoms with Gasteiger partial charge in [0.25, 0.3) is 10.0 Å². The smallest absolute Gasteiger partial charge is 0.424 e. The van der Waals surface area contributed by atoms with E-state index in [1.54, 1.807) is 33.2 Å². The highest BCUT2D eigenvalue weighted by molar-refractivity contribution is 7.89. The van der Waals surface area contributed by atoms with E-state index >= 15 is 0 Å². The topological polar surface area (TPSA) is 172 Å². The van der Waals surface area contributed by atoms with Crippen molar-refractivity contribution in [3.63, 3.8) is 0 Å². The minimum Gasteiger partial charge on any atom is -0.495 e. The second kappa shape index (κ2) is 10.0. The summed E-state index contributed by atoms with van der Waals surface area (Å²) in [6.07, 6.45) is 2.05. The largest absolute Gasteiger partial charge is 0.495 e. The summed E-state index contributed by atoms with van der Waals surface area (Å²) in [6, 6.07) is 7.66. The molecule has 13 nitrogen and oxygen atoms in total. The van der Waals surface area contributed by atoms with Crippen LogP contribution in [0.1, 0.15) is 26.3 Å². The number of nitrogens with zero attached hydrogens (tertiary/aromatic N) is 6. The number of methoxy groups -OCH3 is 1. The lowest BCUT2D eigenvalue weighted by Gasteiger charge is -2.26. The quantitative estimate of drug-likeness (QED) is 0.470. The van der Waals surface area contributed by atoms with Crippen molar-refractivity contribution < 1.29 is 27.5 Å². The number of primary amides is 1. The standard InChI is InChI=1S/C21H25N7O6S/c1-21(2,3)34-20(30)27(13-18(22)29)35(31,32)17-6-5-15(11-16(17)33-4)19-24-26-28(25-19)12-14-7-9-23-10-8-14/h5-11H,12-13H2,1-4H3,(H2,22,29). The van der Waals surface area contributed by atoms with Crippen LogP contribution >= 0.6 is 0 Å². The van der Waals surface area contributed by atoms with Gasteiger partial charge in [0, 0.05) is 18.0 Å². The fourth-order valence-corrected chi connectivity index (χ4v) is 4.32. The van der Waals surface area contributed by atoms with Crippen molar-refractivity contribution in [1.29, 1.82) is 0 Å². The molecule has 35 heavy (non-hydrogen) atoms. The number of pyridine rings is 1. The molecule has 0 saturated heterocycles. The predicted octanol–water partition coefficient (Wildman–Crippen LogP) is 1.20. The molecule has 0 spiro atoms. The number of carbonyl (C=O) groups excluding carboxylic acids is 2. The molecule has 2 amide bonds. The molecule has 0 aliphatic heterocycles. The van der Waals surface area contributed by atoms with Crippen molar-refractivity contribution in [3.05, 3.63) is 48.3 Å². The summed E-state index contributed by atoms with van der Waals surface area (Å²) in [6.45, 7) is 4.13. The maximum Gasteiger partial charge on any atom is 0.424 e. The lowest BCUT2D eigenvalue weighted by molar-refractivity contribution is -0.118. The van der Waals surface area contributed by atoms with Crippen LogP contribution in [0.2, 0.25) is 0 Å².